The lowest BCUT2D eigenvalue weighted by molar-refractivity contribution is -0.123. The van der Waals surface area contributed by atoms with E-state index in [2.05, 4.69) is 72.7 Å². The Morgan fingerprint density at radius 1 is 1.00 bits per heavy atom. The molecule has 1 aromatic rings. The van der Waals surface area contributed by atoms with Crippen LogP contribution in [0.4, 0.5) is 0 Å². The lowest BCUT2D eigenvalue weighted by Gasteiger charge is -2.21. The van der Waals surface area contributed by atoms with E-state index in [-0.39, 0.29) is 23.7 Å². The van der Waals surface area contributed by atoms with Gasteiger partial charge in [0.1, 0.15) is 0 Å². The molecule has 0 bridgehead atoms. The van der Waals surface area contributed by atoms with Crippen molar-refractivity contribution < 1.29 is 9.59 Å². The Kier molecular flexibility index (Phi) is 13.8. The normalized spacial score (nSPS) is 17.6. The number of amides is 2. The number of allylic oxidation sites excluding steroid dienone is 10. The van der Waals surface area contributed by atoms with Crippen molar-refractivity contribution in [3.8, 4) is 0 Å². The SMILES string of the molecule is CCC=CCC=CCC=CCC=CCC=CCCC(C(N)=O)[C@H]1CCN(C(=O)c2cccnc2)C1. The molecule has 1 saturated heterocycles. The number of hydrogen-bond donors (Lipinski definition) is 1. The molecule has 35 heavy (non-hydrogen) atoms. The monoisotopic (exact) mass is 475 g/mol. The van der Waals surface area contributed by atoms with Gasteiger partial charge in [0.25, 0.3) is 5.91 Å². The third-order valence-electron chi connectivity index (χ3n) is 6.16. The molecule has 1 fully saturated rings. The molecule has 5 nitrogen and oxygen atoms in total. The highest BCUT2D eigenvalue weighted by Crippen LogP contribution is 2.28. The number of nitrogens with zero attached hydrogens (tertiary/aromatic N) is 2. The fraction of sp³-hybridized carbons (Fsp3) is 0.433. The number of pyridine rings is 1. The van der Waals surface area contributed by atoms with Crippen LogP contribution in [-0.2, 0) is 4.79 Å². The summed E-state index contributed by atoms with van der Waals surface area (Å²) in [5, 5.41) is 0. The molecule has 0 spiro atoms. The summed E-state index contributed by atoms with van der Waals surface area (Å²) in [5.41, 5.74) is 6.30. The Bertz CT molecular complexity index is 899. The number of carbonyl (C=O) groups excluding carboxylic acids is 2. The van der Waals surface area contributed by atoms with Crippen molar-refractivity contribution in [3.05, 3.63) is 90.9 Å². The zero-order valence-electron chi connectivity index (χ0n) is 21.1. The summed E-state index contributed by atoms with van der Waals surface area (Å²) < 4.78 is 0. The van der Waals surface area contributed by atoms with Crippen molar-refractivity contribution in [3.63, 3.8) is 0 Å². The number of rotatable bonds is 15. The van der Waals surface area contributed by atoms with Crippen LogP contribution in [0.5, 0.6) is 0 Å². The van der Waals surface area contributed by atoms with Crippen molar-refractivity contribution in [2.75, 3.05) is 13.1 Å². The second kappa shape index (κ2) is 17.3. The Hall–Kier alpha value is -3.21. The van der Waals surface area contributed by atoms with Crippen molar-refractivity contribution in [1.29, 1.82) is 0 Å². The maximum Gasteiger partial charge on any atom is 0.255 e. The first-order chi connectivity index (χ1) is 17.1. The van der Waals surface area contributed by atoms with Gasteiger partial charge in [-0.2, -0.15) is 0 Å². The summed E-state index contributed by atoms with van der Waals surface area (Å²) in [4.78, 5) is 30.6. The molecule has 1 aliphatic rings. The summed E-state index contributed by atoms with van der Waals surface area (Å²) in [6, 6.07) is 3.54. The molecular weight excluding hydrogens is 434 g/mol. The van der Waals surface area contributed by atoms with Gasteiger partial charge in [0, 0.05) is 31.4 Å². The van der Waals surface area contributed by atoms with E-state index in [0.29, 0.717) is 18.7 Å². The Balaban J connectivity index is 1.63. The number of carbonyl (C=O) groups is 2. The largest absolute Gasteiger partial charge is 0.369 e. The van der Waals surface area contributed by atoms with Gasteiger partial charge in [-0.3, -0.25) is 14.6 Å². The molecule has 1 aromatic heterocycles. The van der Waals surface area contributed by atoms with E-state index in [0.717, 1.165) is 51.4 Å². The van der Waals surface area contributed by atoms with Gasteiger partial charge in [-0.05, 0) is 69.4 Å². The highest BCUT2D eigenvalue weighted by atomic mass is 16.2. The first-order valence-corrected chi connectivity index (χ1v) is 12.9. The van der Waals surface area contributed by atoms with Crippen LogP contribution in [0.2, 0.25) is 0 Å². The Labute approximate surface area is 211 Å². The number of nitrogens with two attached hydrogens (primary N) is 1. The first kappa shape index (κ1) is 28.0. The van der Waals surface area contributed by atoms with E-state index in [1.807, 2.05) is 4.90 Å². The van der Waals surface area contributed by atoms with Crippen LogP contribution in [0.25, 0.3) is 0 Å². The summed E-state index contributed by atoms with van der Waals surface area (Å²) in [7, 11) is 0. The average molecular weight is 476 g/mol. The van der Waals surface area contributed by atoms with Crippen LogP contribution in [0.3, 0.4) is 0 Å². The van der Waals surface area contributed by atoms with Gasteiger partial charge in [0.15, 0.2) is 0 Å². The molecule has 0 saturated carbocycles. The van der Waals surface area contributed by atoms with Crippen molar-refractivity contribution >= 4 is 11.8 Å². The number of likely N-dealkylation sites (tertiary alicyclic amines) is 1. The average Bonchev–Trinajstić information content (AvgIpc) is 3.35. The predicted octanol–water partition coefficient (Wildman–Crippen LogP) is 6.18. The smallest absolute Gasteiger partial charge is 0.255 e. The maximum absolute atomic E-state index is 12.6. The minimum Gasteiger partial charge on any atom is -0.369 e. The van der Waals surface area contributed by atoms with Crippen LogP contribution in [0, 0.1) is 11.8 Å². The third kappa shape index (κ3) is 11.2. The summed E-state index contributed by atoms with van der Waals surface area (Å²) in [6.07, 6.45) is 32.3. The summed E-state index contributed by atoms with van der Waals surface area (Å²) in [5.74, 6) is -0.376. The Morgan fingerprint density at radius 3 is 2.14 bits per heavy atom. The number of hydrogen-bond acceptors (Lipinski definition) is 3. The quantitative estimate of drug-likeness (QED) is 0.308. The van der Waals surface area contributed by atoms with Crippen LogP contribution >= 0.6 is 0 Å². The molecule has 0 aromatic carbocycles. The molecule has 2 heterocycles. The van der Waals surface area contributed by atoms with Crippen molar-refractivity contribution in [1.82, 2.24) is 9.88 Å². The maximum atomic E-state index is 12.6. The van der Waals surface area contributed by atoms with E-state index < -0.39 is 0 Å². The highest BCUT2D eigenvalue weighted by Gasteiger charge is 2.34. The van der Waals surface area contributed by atoms with E-state index >= 15 is 0 Å². The Morgan fingerprint density at radius 2 is 1.60 bits per heavy atom. The van der Waals surface area contributed by atoms with Crippen molar-refractivity contribution in [2.45, 2.75) is 58.3 Å². The minimum atomic E-state index is -0.266. The molecule has 1 aliphatic heterocycles. The summed E-state index contributed by atoms with van der Waals surface area (Å²) in [6.45, 7) is 3.38. The summed E-state index contributed by atoms with van der Waals surface area (Å²) >= 11 is 0. The molecule has 0 radical (unpaired) electrons. The topological polar surface area (TPSA) is 76.3 Å². The molecule has 0 aliphatic carbocycles. The zero-order chi connectivity index (χ0) is 25.1. The lowest BCUT2D eigenvalue weighted by Crippen LogP contribution is -2.34. The molecule has 5 heteroatoms. The number of primary amides is 1. The second-order valence-corrected chi connectivity index (χ2v) is 8.84. The molecule has 2 atom stereocenters. The molecular formula is C30H41N3O2. The van der Waals surface area contributed by atoms with E-state index in [9.17, 15) is 9.59 Å². The fourth-order valence-electron chi connectivity index (χ4n) is 4.23. The van der Waals surface area contributed by atoms with Crippen LogP contribution in [-0.4, -0.2) is 34.8 Å². The van der Waals surface area contributed by atoms with Gasteiger partial charge < -0.3 is 10.6 Å². The third-order valence-corrected chi connectivity index (χ3v) is 6.16. The fourth-order valence-corrected chi connectivity index (χ4v) is 4.23. The van der Waals surface area contributed by atoms with Crippen LogP contribution in [0.1, 0.15) is 68.6 Å². The molecule has 1 unspecified atom stereocenters. The number of aromatic nitrogens is 1. The van der Waals surface area contributed by atoms with E-state index in [1.165, 1.54) is 0 Å². The van der Waals surface area contributed by atoms with Gasteiger partial charge in [0.05, 0.1) is 5.56 Å². The second-order valence-electron chi connectivity index (χ2n) is 8.84. The standard InChI is InChI=1S/C30H41N3O2/c1-2-3-4-5-6-7-8-9-10-11-12-13-14-15-16-17-20-28(29(31)34)27-21-23-33(25-27)30(35)26-19-18-22-32-24-26/h3-4,6-7,9-10,12-13,15-16,18-19,22,24,27-28H,2,5,8,11,14,17,20-21,23,25H2,1H3,(H2,31,34)/t27-,28?/m0/s1. The molecule has 2 rings (SSSR count). The lowest BCUT2D eigenvalue weighted by atomic mass is 9.87. The zero-order valence-corrected chi connectivity index (χ0v) is 21.1. The van der Waals surface area contributed by atoms with Gasteiger partial charge >= 0.3 is 0 Å². The van der Waals surface area contributed by atoms with Gasteiger partial charge in [-0.15, -0.1) is 0 Å². The van der Waals surface area contributed by atoms with Gasteiger partial charge in [0.2, 0.25) is 5.91 Å². The highest BCUT2D eigenvalue weighted by molar-refractivity contribution is 5.94. The first-order valence-electron chi connectivity index (χ1n) is 12.9. The van der Waals surface area contributed by atoms with Crippen LogP contribution in [0.15, 0.2) is 85.3 Å². The van der Waals surface area contributed by atoms with Gasteiger partial charge in [-0.1, -0.05) is 67.7 Å². The molecule has 2 N–H and O–H groups in total. The minimum absolute atomic E-state index is 0.0263. The van der Waals surface area contributed by atoms with E-state index in [4.69, 9.17) is 5.73 Å². The predicted molar refractivity (Wildman–Crippen MR) is 145 cm³/mol. The molecule has 2 amide bonds. The van der Waals surface area contributed by atoms with Crippen molar-refractivity contribution in [2.24, 2.45) is 17.6 Å². The van der Waals surface area contributed by atoms with Crippen LogP contribution < -0.4 is 5.73 Å². The van der Waals surface area contributed by atoms with E-state index in [1.54, 1.807) is 24.5 Å². The van der Waals surface area contributed by atoms with Gasteiger partial charge in [-0.25, -0.2) is 0 Å². The molecule has 188 valence electrons.